The van der Waals surface area contributed by atoms with Crippen molar-refractivity contribution < 1.29 is 5.11 Å². The minimum atomic E-state index is 0.103. The number of aromatic hydroxyl groups is 1. The number of hydrogen-bond acceptors (Lipinski definition) is 2. The van der Waals surface area contributed by atoms with Gasteiger partial charge in [-0.3, -0.25) is 0 Å². The van der Waals surface area contributed by atoms with Crippen LogP contribution in [0.25, 0.3) is 0 Å². The van der Waals surface area contributed by atoms with Gasteiger partial charge in [-0.25, -0.2) is 0 Å². The predicted molar refractivity (Wildman–Crippen MR) is 86.3 cm³/mol. The highest BCUT2D eigenvalue weighted by molar-refractivity contribution is 5.45. The molecule has 1 aliphatic carbocycles. The minimum absolute atomic E-state index is 0.103. The molecule has 1 fully saturated rings. The Labute approximate surface area is 128 Å². The van der Waals surface area contributed by atoms with E-state index in [9.17, 15) is 5.11 Å². The number of rotatable bonds is 6. The fourth-order valence-electron chi connectivity index (χ4n) is 3.54. The summed E-state index contributed by atoms with van der Waals surface area (Å²) in [5.41, 5.74) is 1.64. The number of benzene rings is 1. The van der Waals surface area contributed by atoms with Gasteiger partial charge in [0.25, 0.3) is 0 Å². The van der Waals surface area contributed by atoms with Crippen LogP contribution in [0, 0.1) is 17.2 Å². The van der Waals surface area contributed by atoms with Gasteiger partial charge < -0.3 is 5.11 Å². The zero-order valence-electron chi connectivity index (χ0n) is 13.1. The van der Waals surface area contributed by atoms with Crippen LogP contribution >= 0.6 is 0 Å². The lowest BCUT2D eigenvalue weighted by Crippen LogP contribution is -2.13. The van der Waals surface area contributed by atoms with Crippen molar-refractivity contribution in [3.8, 4) is 11.8 Å². The van der Waals surface area contributed by atoms with E-state index in [0.29, 0.717) is 11.5 Å². The van der Waals surface area contributed by atoms with Crippen LogP contribution in [0.4, 0.5) is 0 Å². The van der Waals surface area contributed by atoms with Crippen molar-refractivity contribution in [3.05, 3.63) is 29.3 Å². The molecule has 0 saturated heterocycles. The van der Waals surface area contributed by atoms with Gasteiger partial charge in [-0.2, -0.15) is 5.26 Å². The van der Waals surface area contributed by atoms with Crippen LogP contribution < -0.4 is 0 Å². The highest BCUT2D eigenvalue weighted by atomic mass is 16.3. The minimum Gasteiger partial charge on any atom is -0.507 e. The SMILES string of the molecule is CCCCCCC1CCC(c2ccc(O)c(C#N)c2)CC1. The summed E-state index contributed by atoms with van der Waals surface area (Å²) in [4.78, 5) is 0. The van der Waals surface area contributed by atoms with Gasteiger partial charge >= 0.3 is 0 Å². The Kier molecular flexibility index (Phi) is 6.11. The molecule has 0 unspecified atom stereocenters. The van der Waals surface area contributed by atoms with Crippen molar-refractivity contribution >= 4 is 0 Å². The molecule has 1 aliphatic rings. The molecule has 114 valence electrons. The number of hydrogen-bond donors (Lipinski definition) is 1. The van der Waals surface area contributed by atoms with Gasteiger partial charge in [-0.1, -0.05) is 45.1 Å². The van der Waals surface area contributed by atoms with Gasteiger partial charge in [-0.15, -0.1) is 0 Å². The third-order valence-corrected chi connectivity index (χ3v) is 4.93. The van der Waals surface area contributed by atoms with Gasteiger partial charge in [0.2, 0.25) is 0 Å². The molecule has 0 aliphatic heterocycles. The van der Waals surface area contributed by atoms with Crippen molar-refractivity contribution in [2.24, 2.45) is 5.92 Å². The van der Waals surface area contributed by atoms with Crippen LogP contribution in [0.3, 0.4) is 0 Å². The number of unbranched alkanes of at least 4 members (excludes halogenated alkanes) is 3. The molecule has 1 aromatic carbocycles. The highest BCUT2D eigenvalue weighted by Gasteiger charge is 2.22. The van der Waals surface area contributed by atoms with Gasteiger partial charge in [0.15, 0.2) is 0 Å². The average molecular weight is 285 g/mol. The monoisotopic (exact) mass is 285 g/mol. The summed E-state index contributed by atoms with van der Waals surface area (Å²) in [5.74, 6) is 1.58. The Morgan fingerprint density at radius 3 is 2.57 bits per heavy atom. The lowest BCUT2D eigenvalue weighted by molar-refractivity contribution is 0.302. The maximum Gasteiger partial charge on any atom is 0.133 e. The molecular formula is C19H27NO. The van der Waals surface area contributed by atoms with Gasteiger partial charge in [0.05, 0.1) is 5.56 Å². The third-order valence-electron chi connectivity index (χ3n) is 4.93. The van der Waals surface area contributed by atoms with E-state index in [1.54, 1.807) is 6.07 Å². The van der Waals surface area contributed by atoms with E-state index in [4.69, 9.17) is 5.26 Å². The van der Waals surface area contributed by atoms with Crippen molar-refractivity contribution in [3.63, 3.8) is 0 Å². The maximum atomic E-state index is 9.59. The summed E-state index contributed by atoms with van der Waals surface area (Å²) in [6, 6.07) is 7.61. The molecule has 21 heavy (non-hydrogen) atoms. The Hall–Kier alpha value is -1.49. The molecule has 0 atom stereocenters. The summed E-state index contributed by atoms with van der Waals surface area (Å²) < 4.78 is 0. The molecule has 2 nitrogen and oxygen atoms in total. The first kappa shape index (κ1) is 15.9. The molecule has 0 aromatic heterocycles. The maximum absolute atomic E-state index is 9.59. The van der Waals surface area contributed by atoms with E-state index in [-0.39, 0.29) is 5.75 Å². The van der Waals surface area contributed by atoms with Crippen LogP contribution in [0.15, 0.2) is 18.2 Å². The summed E-state index contributed by atoms with van der Waals surface area (Å²) in [6.07, 6.45) is 12.0. The smallest absolute Gasteiger partial charge is 0.133 e. The quantitative estimate of drug-likeness (QED) is 0.700. The van der Waals surface area contributed by atoms with E-state index in [2.05, 4.69) is 13.0 Å². The summed E-state index contributed by atoms with van der Waals surface area (Å²) in [5, 5.41) is 18.6. The van der Waals surface area contributed by atoms with Crippen LogP contribution in [0.2, 0.25) is 0 Å². The lowest BCUT2D eigenvalue weighted by atomic mass is 9.77. The van der Waals surface area contributed by atoms with Gasteiger partial charge in [0.1, 0.15) is 11.8 Å². The van der Waals surface area contributed by atoms with E-state index in [1.165, 1.54) is 63.4 Å². The first-order valence-corrected chi connectivity index (χ1v) is 8.47. The second-order valence-corrected chi connectivity index (χ2v) is 6.46. The summed E-state index contributed by atoms with van der Waals surface area (Å²) in [6.45, 7) is 2.26. The zero-order chi connectivity index (χ0) is 15.1. The van der Waals surface area contributed by atoms with Crippen LogP contribution in [0.5, 0.6) is 5.75 Å². The van der Waals surface area contributed by atoms with Crippen molar-refractivity contribution in [1.29, 1.82) is 5.26 Å². The van der Waals surface area contributed by atoms with Crippen molar-refractivity contribution in [1.82, 2.24) is 0 Å². The van der Waals surface area contributed by atoms with Crippen LogP contribution in [0.1, 0.15) is 81.8 Å². The molecule has 0 amide bonds. The van der Waals surface area contributed by atoms with Gasteiger partial charge in [0, 0.05) is 0 Å². The summed E-state index contributed by atoms with van der Waals surface area (Å²) in [7, 11) is 0. The molecule has 2 rings (SSSR count). The van der Waals surface area contributed by atoms with Crippen molar-refractivity contribution in [2.75, 3.05) is 0 Å². The molecule has 1 aromatic rings. The molecule has 1 saturated carbocycles. The normalized spacial score (nSPS) is 21.9. The Morgan fingerprint density at radius 2 is 1.90 bits per heavy atom. The molecular weight excluding hydrogens is 258 g/mol. The average Bonchev–Trinajstić information content (AvgIpc) is 2.53. The fourth-order valence-corrected chi connectivity index (χ4v) is 3.54. The molecule has 0 radical (unpaired) electrons. The Bertz CT molecular complexity index is 481. The topological polar surface area (TPSA) is 44.0 Å². The number of nitrogens with zero attached hydrogens (tertiary/aromatic N) is 1. The number of phenolic OH excluding ortho intramolecular Hbond substituents is 1. The largest absolute Gasteiger partial charge is 0.507 e. The van der Waals surface area contributed by atoms with Crippen LogP contribution in [-0.4, -0.2) is 5.11 Å². The van der Waals surface area contributed by atoms with E-state index in [1.807, 2.05) is 12.1 Å². The second-order valence-electron chi connectivity index (χ2n) is 6.46. The molecule has 1 N–H and O–H groups in total. The first-order chi connectivity index (χ1) is 10.2. The number of nitriles is 1. The predicted octanol–water partition coefficient (Wildman–Crippen LogP) is 5.51. The van der Waals surface area contributed by atoms with E-state index >= 15 is 0 Å². The highest BCUT2D eigenvalue weighted by Crippen LogP contribution is 2.38. The fraction of sp³-hybridized carbons (Fsp3) is 0.632. The lowest BCUT2D eigenvalue weighted by Gasteiger charge is -2.29. The number of phenols is 1. The zero-order valence-corrected chi connectivity index (χ0v) is 13.1. The molecule has 0 spiro atoms. The van der Waals surface area contributed by atoms with Crippen LogP contribution in [-0.2, 0) is 0 Å². The Morgan fingerprint density at radius 1 is 1.14 bits per heavy atom. The van der Waals surface area contributed by atoms with E-state index < -0.39 is 0 Å². The third kappa shape index (κ3) is 4.49. The van der Waals surface area contributed by atoms with Crippen molar-refractivity contribution in [2.45, 2.75) is 70.6 Å². The first-order valence-electron chi connectivity index (χ1n) is 8.47. The van der Waals surface area contributed by atoms with E-state index in [0.717, 1.165) is 5.92 Å². The molecule has 2 heteroatoms. The Balaban J connectivity index is 1.82. The summed E-state index contributed by atoms with van der Waals surface area (Å²) >= 11 is 0. The second kappa shape index (κ2) is 8.08. The molecule has 0 bridgehead atoms. The van der Waals surface area contributed by atoms with Gasteiger partial charge in [-0.05, 0) is 55.2 Å². The molecule has 0 heterocycles. The standard InChI is InChI=1S/C19H27NO/c1-2-3-4-5-6-15-7-9-16(10-8-15)17-11-12-19(21)18(13-17)14-20/h11-13,15-16,21H,2-10H2,1H3.